The van der Waals surface area contributed by atoms with Gasteiger partial charge in [-0.15, -0.1) is 0 Å². The molecular formula is C16H31NO2. The van der Waals surface area contributed by atoms with Crippen molar-refractivity contribution in [2.24, 2.45) is 11.8 Å². The number of aliphatic carboxylic acids is 1. The maximum Gasteiger partial charge on any atom is 0.320 e. The van der Waals surface area contributed by atoms with Crippen molar-refractivity contribution >= 4 is 5.97 Å². The molecule has 3 nitrogen and oxygen atoms in total. The number of carbonyl (C=O) groups is 1. The maximum atomic E-state index is 11.3. The van der Waals surface area contributed by atoms with Gasteiger partial charge in [0.25, 0.3) is 0 Å². The fourth-order valence-corrected chi connectivity index (χ4v) is 3.24. The Morgan fingerprint density at radius 3 is 2.58 bits per heavy atom. The van der Waals surface area contributed by atoms with E-state index in [-0.39, 0.29) is 6.04 Å². The molecule has 3 atom stereocenters. The quantitative estimate of drug-likeness (QED) is 0.691. The highest BCUT2D eigenvalue weighted by Gasteiger charge is 2.24. The molecule has 19 heavy (non-hydrogen) atoms. The summed E-state index contributed by atoms with van der Waals surface area (Å²) in [4.78, 5) is 11.3. The van der Waals surface area contributed by atoms with Gasteiger partial charge in [-0.1, -0.05) is 46.5 Å². The fraction of sp³-hybridized carbons (Fsp3) is 0.938. The highest BCUT2D eigenvalue weighted by atomic mass is 16.4. The predicted molar refractivity (Wildman–Crippen MR) is 79.3 cm³/mol. The molecular weight excluding hydrogens is 238 g/mol. The fourth-order valence-electron chi connectivity index (χ4n) is 3.24. The third-order valence-corrected chi connectivity index (χ3v) is 4.23. The molecule has 0 amide bonds. The lowest BCUT2D eigenvalue weighted by Crippen LogP contribution is -2.44. The van der Waals surface area contributed by atoms with E-state index < -0.39 is 5.97 Å². The lowest BCUT2D eigenvalue weighted by molar-refractivity contribution is -0.140. The second-order valence-corrected chi connectivity index (χ2v) is 6.55. The predicted octanol–water partition coefficient (Wildman–Crippen LogP) is 3.82. The SMILES string of the molecule is CCCC1CCCC(NC(CC(C)C)C(=O)O)CC1. The molecule has 1 rings (SSSR count). The van der Waals surface area contributed by atoms with Crippen LogP contribution in [0.4, 0.5) is 0 Å². The summed E-state index contributed by atoms with van der Waals surface area (Å²) in [6.07, 6.45) is 9.46. The van der Waals surface area contributed by atoms with E-state index in [1.54, 1.807) is 0 Å². The summed E-state index contributed by atoms with van der Waals surface area (Å²) in [5.74, 6) is 0.598. The molecule has 0 saturated heterocycles. The average Bonchev–Trinajstić information content (AvgIpc) is 2.54. The third kappa shape index (κ3) is 6.42. The van der Waals surface area contributed by atoms with Gasteiger partial charge >= 0.3 is 5.97 Å². The number of rotatable bonds is 7. The standard InChI is InChI=1S/C16H31NO2/c1-4-6-13-7-5-8-14(10-9-13)17-15(16(18)19)11-12(2)3/h12-15,17H,4-11H2,1-3H3,(H,18,19). The van der Waals surface area contributed by atoms with Gasteiger partial charge in [0.15, 0.2) is 0 Å². The summed E-state index contributed by atoms with van der Waals surface area (Å²) in [5.41, 5.74) is 0. The molecule has 1 saturated carbocycles. The smallest absolute Gasteiger partial charge is 0.320 e. The number of carboxylic acid groups (broad SMARTS) is 1. The summed E-state index contributed by atoms with van der Waals surface area (Å²) >= 11 is 0. The van der Waals surface area contributed by atoms with Gasteiger partial charge in [-0.25, -0.2) is 0 Å². The van der Waals surface area contributed by atoms with E-state index >= 15 is 0 Å². The van der Waals surface area contributed by atoms with E-state index in [0.717, 1.165) is 25.2 Å². The first kappa shape index (κ1) is 16.5. The molecule has 2 N–H and O–H groups in total. The van der Waals surface area contributed by atoms with Gasteiger partial charge in [0.2, 0.25) is 0 Å². The van der Waals surface area contributed by atoms with Gasteiger partial charge in [-0.2, -0.15) is 0 Å². The lowest BCUT2D eigenvalue weighted by Gasteiger charge is -2.23. The van der Waals surface area contributed by atoms with Crippen molar-refractivity contribution in [3.05, 3.63) is 0 Å². The summed E-state index contributed by atoms with van der Waals surface area (Å²) in [7, 11) is 0. The zero-order valence-electron chi connectivity index (χ0n) is 12.8. The Morgan fingerprint density at radius 2 is 2.00 bits per heavy atom. The first-order valence-electron chi connectivity index (χ1n) is 8.01. The Balaban J connectivity index is 2.44. The summed E-state index contributed by atoms with van der Waals surface area (Å²) < 4.78 is 0. The van der Waals surface area contributed by atoms with E-state index in [0.29, 0.717) is 12.0 Å². The zero-order chi connectivity index (χ0) is 14.3. The average molecular weight is 269 g/mol. The molecule has 3 heteroatoms. The van der Waals surface area contributed by atoms with Gasteiger partial charge in [0, 0.05) is 6.04 Å². The molecule has 3 unspecified atom stereocenters. The molecule has 0 bridgehead atoms. The molecule has 112 valence electrons. The first-order valence-corrected chi connectivity index (χ1v) is 8.01. The highest BCUT2D eigenvalue weighted by Crippen LogP contribution is 2.27. The Hall–Kier alpha value is -0.570. The number of carboxylic acids is 1. The van der Waals surface area contributed by atoms with Crippen LogP contribution in [0.2, 0.25) is 0 Å². The van der Waals surface area contributed by atoms with Gasteiger partial charge < -0.3 is 10.4 Å². The second kappa shape index (κ2) is 8.57. The number of hydrogen-bond acceptors (Lipinski definition) is 2. The van der Waals surface area contributed by atoms with Crippen molar-refractivity contribution in [1.29, 1.82) is 0 Å². The molecule has 0 aromatic rings. The Kier molecular flexibility index (Phi) is 7.44. The first-order chi connectivity index (χ1) is 9.02. The van der Waals surface area contributed by atoms with E-state index in [2.05, 4.69) is 26.1 Å². The van der Waals surface area contributed by atoms with Gasteiger partial charge in [0.05, 0.1) is 0 Å². The minimum Gasteiger partial charge on any atom is -0.480 e. The van der Waals surface area contributed by atoms with Crippen LogP contribution in [0, 0.1) is 11.8 Å². The van der Waals surface area contributed by atoms with Crippen LogP contribution in [-0.4, -0.2) is 23.2 Å². The lowest BCUT2D eigenvalue weighted by atomic mass is 9.95. The highest BCUT2D eigenvalue weighted by molar-refractivity contribution is 5.73. The normalized spacial score (nSPS) is 26.1. The Morgan fingerprint density at radius 1 is 1.26 bits per heavy atom. The third-order valence-electron chi connectivity index (χ3n) is 4.23. The minimum absolute atomic E-state index is 0.368. The largest absolute Gasteiger partial charge is 0.480 e. The van der Waals surface area contributed by atoms with Crippen molar-refractivity contribution in [2.45, 2.75) is 84.2 Å². The van der Waals surface area contributed by atoms with Crippen molar-refractivity contribution in [2.75, 3.05) is 0 Å². The van der Waals surface area contributed by atoms with Gasteiger partial charge in [-0.05, 0) is 37.5 Å². The molecule has 1 aliphatic carbocycles. The van der Waals surface area contributed by atoms with Crippen molar-refractivity contribution in [3.63, 3.8) is 0 Å². The molecule has 1 aliphatic rings. The Bertz CT molecular complexity index is 265. The van der Waals surface area contributed by atoms with Crippen molar-refractivity contribution < 1.29 is 9.90 Å². The van der Waals surface area contributed by atoms with Crippen molar-refractivity contribution in [1.82, 2.24) is 5.32 Å². The Labute approximate surface area is 118 Å². The van der Waals surface area contributed by atoms with Gasteiger partial charge in [0.1, 0.15) is 6.04 Å². The molecule has 0 aliphatic heterocycles. The summed E-state index contributed by atoms with van der Waals surface area (Å²) in [6, 6.07) is 0.0365. The van der Waals surface area contributed by atoms with Crippen LogP contribution < -0.4 is 5.32 Å². The van der Waals surface area contributed by atoms with Crippen LogP contribution in [0.25, 0.3) is 0 Å². The van der Waals surface area contributed by atoms with Crippen LogP contribution in [0.15, 0.2) is 0 Å². The number of hydrogen-bond donors (Lipinski definition) is 2. The van der Waals surface area contributed by atoms with Crippen LogP contribution in [0.1, 0.15) is 72.1 Å². The number of nitrogens with one attached hydrogen (secondary N) is 1. The van der Waals surface area contributed by atoms with Gasteiger partial charge in [-0.3, -0.25) is 4.79 Å². The van der Waals surface area contributed by atoms with E-state index in [9.17, 15) is 9.90 Å². The summed E-state index contributed by atoms with van der Waals surface area (Å²) in [6.45, 7) is 6.42. The molecule has 0 aromatic carbocycles. The van der Waals surface area contributed by atoms with Crippen LogP contribution >= 0.6 is 0 Å². The summed E-state index contributed by atoms with van der Waals surface area (Å²) in [5, 5.41) is 12.7. The molecule has 1 fully saturated rings. The second-order valence-electron chi connectivity index (χ2n) is 6.55. The van der Waals surface area contributed by atoms with E-state index in [4.69, 9.17) is 0 Å². The topological polar surface area (TPSA) is 49.3 Å². The van der Waals surface area contributed by atoms with E-state index in [1.165, 1.54) is 32.1 Å². The molecule has 0 radical (unpaired) electrons. The minimum atomic E-state index is -0.692. The molecule has 0 aromatic heterocycles. The monoisotopic (exact) mass is 269 g/mol. The van der Waals surface area contributed by atoms with E-state index in [1.807, 2.05) is 0 Å². The maximum absolute atomic E-state index is 11.3. The van der Waals surface area contributed by atoms with Crippen LogP contribution in [-0.2, 0) is 4.79 Å². The molecule has 0 spiro atoms. The zero-order valence-corrected chi connectivity index (χ0v) is 12.8. The van der Waals surface area contributed by atoms with Crippen molar-refractivity contribution in [3.8, 4) is 0 Å². The molecule has 0 heterocycles. The van der Waals surface area contributed by atoms with Crippen LogP contribution in [0.5, 0.6) is 0 Å². The van der Waals surface area contributed by atoms with Crippen LogP contribution in [0.3, 0.4) is 0 Å².